The number of benzene rings is 2. The van der Waals surface area contributed by atoms with Crippen LogP contribution in [0.1, 0.15) is 28.8 Å². The summed E-state index contributed by atoms with van der Waals surface area (Å²) in [4.78, 5) is 22.8. The zero-order valence-corrected chi connectivity index (χ0v) is 15.9. The van der Waals surface area contributed by atoms with E-state index in [0.29, 0.717) is 47.0 Å². The Balaban J connectivity index is 1.49. The molecule has 0 unspecified atom stereocenters. The number of fused-ring (bicyclic) bond motifs is 1. The Labute approximate surface area is 166 Å². The average molecular weight is 389 g/mol. The first-order valence-corrected chi connectivity index (χ1v) is 9.56. The highest BCUT2D eigenvalue weighted by molar-refractivity contribution is 6.00. The Morgan fingerprint density at radius 2 is 1.97 bits per heavy atom. The molecular formula is C22H19N3O4. The molecule has 0 radical (unpaired) electrons. The minimum Gasteiger partial charge on any atom is -0.444 e. The number of amides is 1. The van der Waals surface area contributed by atoms with Crippen molar-refractivity contribution in [3.05, 3.63) is 59.9 Å². The van der Waals surface area contributed by atoms with Crippen LogP contribution >= 0.6 is 0 Å². The number of carbonyl (C=O) groups is 1. The second-order valence-corrected chi connectivity index (χ2v) is 7.09. The van der Waals surface area contributed by atoms with Crippen molar-refractivity contribution in [3.8, 4) is 22.8 Å². The molecule has 29 heavy (non-hydrogen) atoms. The molecule has 1 aliphatic rings. The van der Waals surface area contributed by atoms with Crippen LogP contribution in [0.15, 0.2) is 57.7 Å². The number of rotatable bonds is 3. The minimum atomic E-state index is -0.167. The van der Waals surface area contributed by atoms with E-state index in [1.807, 2.05) is 31.2 Å². The Bertz CT molecular complexity index is 1170. The number of hydrogen-bond acceptors (Lipinski definition) is 6. The molecule has 0 bridgehead atoms. The lowest BCUT2D eigenvalue weighted by Gasteiger charge is -2.25. The molecule has 2 aromatic carbocycles. The molecule has 0 atom stereocenters. The van der Waals surface area contributed by atoms with Crippen LogP contribution in [0.2, 0.25) is 0 Å². The maximum Gasteiger partial charge on any atom is 0.277 e. The summed E-state index contributed by atoms with van der Waals surface area (Å²) in [5.41, 5.74) is 4.24. The number of hydrogen-bond donors (Lipinski definition) is 0. The van der Waals surface area contributed by atoms with E-state index in [-0.39, 0.29) is 5.91 Å². The summed E-state index contributed by atoms with van der Waals surface area (Å²) in [6, 6.07) is 13.2. The van der Waals surface area contributed by atoms with Crippen molar-refractivity contribution >= 4 is 16.9 Å². The lowest BCUT2D eigenvalue weighted by molar-refractivity contribution is -0.144. The van der Waals surface area contributed by atoms with Gasteiger partial charge in [-0.1, -0.05) is 22.9 Å². The molecule has 4 aromatic rings. The van der Waals surface area contributed by atoms with Gasteiger partial charge in [-0.2, -0.15) is 0 Å². The average Bonchev–Trinajstić information content (AvgIpc) is 3.41. The summed E-state index contributed by atoms with van der Waals surface area (Å²) >= 11 is 0. The van der Waals surface area contributed by atoms with Crippen molar-refractivity contribution in [1.29, 1.82) is 0 Å². The lowest BCUT2D eigenvalue weighted by atomic mass is 10.1. The predicted molar refractivity (Wildman–Crippen MR) is 106 cm³/mol. The van der Waals surface area contributed by atoms with E-state index >= 15 is 0 Å². The predicted octanol–water partition coefficient (Wildman–Crippen LogP) is 4.63. The van der Waals surface area contributed by atoms with Crippen molar-refractivity contribution in [2.45, 2.75) is 19.8 Å². The van der Waals surface area contributed by atoms with Gasteiger partial charge >= 0.3 is 0 Å². The smallest absolute Gasteiger partial charge is 0.277 e. The standard InChI is InChI=1S/C22H19N3O4/c1-14-4-6-15(7-5-14)21-23-18(13-27-21)20-17-12-16(8-9-19(17)29-24-20)22(26)25-10-2-3-11-28-25/h4-9,12-13H,2-3,10-11H2,1H3. The highest BCUT2D eigenvalue weighted by Gasteiger charge is 2.22. The van der Waals surface area contributed by atoms with Crippen LogP contribution in [0, 0.1) is 6.92 Å². The molecule has 2 aromatic heterocycles. The van der Waals surface area contributed by atoms with Gasteiger partial charge in [0.05, 0.1) is 12.0 Å². The Hall–Kier alpha value is -3.45. The van der Waals surface area contributed by atoms with Crippen molar-refractivity contribution in [2.75, 3.05) is 13.2 Å². The molecule has 7 nitrogen and oxygen atoms in total. The molecule has 1 saturated heterocycles. The normalized spacial score (nSPS) is 14.4. The second kappa shape index (κ2) is 7.18. The van der Waals surface area contributed by atoms with Crippen LogP contribution < -0.4 is 0 Å². The maximum absolute atomic E-state index is 12.7. The van der Waals surface area contributed by atoms with Gasteiger partial charge in [-0.3, -0.25) is 9.63 Å². The van der Waals surface area contributed by atoms with Gasteiger partial charge in [-0.25, -0.2) is 10.0 Å². The van der Waals surface area contributed by atoms with Crippen LogP contribution in [-0.2, 0) is 4.84 Å². The highest BCUT2D eigenvalue weighted by Crippen LogP contribution is 2.31. The van der Waals surface area contributed by atoms with Crippen molar-refractivity contribution in [2.24, 2.45) is 0 Å². The summed E-state index contributed by atoms with van der Waals surface area (Å²) in [5, 5.41) is 6.27. The molecule has 1 amide bonds. The third kappa shape index (κ3) is 3.30. The maximum atomic E-state index is 12.7. The number of carbonyl (C=O) groups excluding carboxylic acids is 1. The number of nitrogens with zero attached hydrogens (tertiary/aromatic N) is 3. The van der Waals surface area contributed by atoms with Gasteiger partial charge in [0, 0.05) is 17.7 Å². The van der Waals surface area contributed by atoms with Gasteiger partial charge in [-0.05, 0) is 50.1 Å². The molecule has 1 aliphatic heterocycles. The van der Waals surface area contributed by atoms with E-state index in [0.717, 1.165) is 24.0 Å². The van der Waals surface area contributed by atoms with E-state index in [1.165, 1.54) is 5.06 Å². The number of oxazole rings is 1. The number of hydroxylamine groups is 2. The second-order valence-electron chi connectivity index (χ2n) is 7.09. The SMILES string of the molecule is Cc1ccc(-c2nc(-c3noc4ccc(C(=O)N5CCCCO5)cc34)co2)cc1. The molecule has 0 aliphatic carbocycles. The third-order valence-electron chi connectivity index (χ3n) is 4.99. The minimum absolute atomic E-state index is 0.167. The molecule has 3 heterocycles. The summed E-state index contributed by atoms with van der Waals surface area (Å²) < 4.78 is 11.1. The highest BCUT2D eigenvalue weighted by atomic mass is 16.7. The Morgan fingerprint density at radius 3 is 2.76 bits per heavy atom. The molecule has 0 saturated carbocycles. The fraction of sp³-hybridized carbons (Fsp3) is 0.227. The van der Waals surface area contributed by atoms with Gasteiger partial charge < -0.3 is 8.94 Å². The van der Waals surface area contributed by atoms with Crippen LogP contribution in [0.5, 0.6) is 0 Å². The van der Waals surface area contributed by atoms with E-state index in [2.05, 4.69) is 10.1 Å². The van der Waals surface area contributed by atoms with Gasteiger partial charge in [0.2, 0.25) is 5.89 Å². The summed E-state index contributed by atoms with van der Waals surface area (Å²) in [5.74, 6) is 0.337. The molecule has 7 heteroatoms. The molecule has 0 spiro atoms. The van der Waals surface area contributed by atoms with Crippen LogP contribution in [0.25, 0.3) is 33.8 Å². The van der Waals surface area contributed by atoms with Gasteiger partial charge in [-0.15, -0.1) is 0 Å². The number of aromatic nitrogens is 2. The summed E-state index contributed by atoms with van der Waals surface area (Å²) in [7, 11) is 0. The third-order valence-corrected chi connectivity index (χ3v) is 4.99. The van der Waals surface area contributed by atoms with Crippen LogP contribution in [-0.4, -0.2) is 34.3 Å². The first kappa shape index (κ1) is 17.6. The fourth-order valence-electron chi connectivity index (χ4n) is 3.37. The topological polar surface area (TPSA) is 81.6 Å². The monoisotopic (exact) mass is 389 g/mol. The van der Waals surface area contributed by atoms with Gasteiger partial charge in [0.25, 0.3) is 5.91 Å². The molecule has 1 fully saturated rings. The zero-order chi connectivity index (χ0) is 19.8. The molecule has 5 rings (SSSR count). The first-order valence-electron chi connectivity index (χ1n) is 9.56. The first-order chi connectivity index (χ1) is 14.2. The van der Waals surface area contributed by atoms with E-state index in [9.17, 15) is 4.79 Å². The molecule has 0 N–H and O–H groups in total. The van der Waals surface area contributed by atoms with Crippen LogP contribution in [0.3, 0.4) is 0 Å². The van der Waals surface area contributed by atoms with E-state index in [4.69, 9.17) is 13.8 Å². The van der Waals surface area contributed by atoms with Gasteiger partial charge in [0.1, 0.15) is 17.7 Å². The molecular weight excluding hydrogens is 370 g/mol. The van der Waals surface area contributed by atoms with Crippen molar-refractivity contribution < 1.29 is 18.6 Å². The van der Waals surface area contributed by atoms with Crippen LogP contribution in [0.4, 0.5) is 0 Å². The fourth-order valence-corrected chi connectivity index (χ4v) is 3.37. The number of aryl methyl sites for hydroxylation is 1. The van der Waals surface area contributed by atoms with Gasteiger partial charge in [0.15, 0.2) is 5.58 Å². The summed E-state index contributed by atoms with van der Waals surface area (Å²) in [6.07, 6.45) is 3.45. The lowest BCUT2D eigenvalue weighted by Crippen LogP contribution is -2.35. The van der Waals surface area contributed by atoms with E-state index in [1.54, 1.807) is 24.5 Å². The van der Waals surface area contributed by atoms with E-state index < -0.39 is 0 Å². The Morgan fingerprint density at radius 1 is 1.10 bits per heavy atom. The zero-order valence-electron chi connectivity index (χ0n) is 15.9. The molecule has 146 valence electrons. The van der Waals surface area contributed by atoms with Crippen molar-refractivity contribution in [1.82, 2.24) is 15.2 Å². The Kier molecular flexibility index (Phi) is 4.37. The van der Waals surface area contributed by atoms with Crippen molar-refractivity contribution in [3.63, 3.8) is 0 Å². The largest absolute Gasteiger partial charge is 0.444 e. The quantitative estimate of drug-likeness (QED) is 0.508. The summed E-state index contributed by atoms with van der Waals surface area (Å²) in [6.45, 7) is 3.18.